The first-order valence-electron chi connectivity index (χ1n) is 6.73. The molecule has 0 spiro atoms. The highest BCUT2D eigenvalue weighted by molar-refractivity contribution is 5.71. The molecule has 0 saturated heterocycles. The summed E-state index contributed by atoms with van der Waals surface area (Å²) in [5, 5.41) is 15.5. The van der Waals surface area contributed by atoms with Crippen LogP contribution in [0, 0.1) is 0 Å². The molecule has 2 aromatic rings. The third-order valence-electron chi connectivity index (χ3n) is 3.10. The van der Waals surface area contributed by atoms with E-state index < -0.39 is 18.1 Å². The Morgan fingerprint density at radius 2 is 2.05 bits per heavy atom. The lowest BCUT2D eigenvalue weighted by molar-refractivity contribution is -0.137. The first kappa shape index (κ1) is 15.6. The van der Waals surface area contributed by atoms with Crippen LogP contribution < -0.4 is 5.32 Å². The standard InChI is InChI=1S/C15H17N3O4/c1-18-13(7-8-16-18)12(9-14(19)20)17-15(21)22-10-11-5-3-2-4-6-11/h2-8,12H,9-10H2,1H3,(H,17,21)(H,19,20)/t12-/m0/s1. The number of carbonyl (C=O) groups excluding carboxylic acids is 1. The van der Waals surface area contributed by atoms with Crippen molar-refractivity contribution >= 4 is 12.1 Å². The van der Waals surface area contributed by atoms with Gasteiger partial charge in [-0.3, -0.25) is 9.48 Å². The molecule has 116 valence electrons. The van der Waals surface area contributed by atoms with Crippen molar-refractivity contribution in [3.05, 3.63) is 53.9 Å². The van der Waals surface area contributed by atoms with Crippen LogP contribution in [0.15, 0.2) is 42.6 Å². The summed E-state index contributed by atoms with van der Waals surface area (Å²) in [5.41, 5.74) is 1.45. The Labute approximate surface area is 127 Å². The second kappa shape index (κ2) is 7.26. The summed E-state index contributed by atoms with van der Waals surface area (Å²) in [7, 11) is 1.68. The summed E-state index contributed by atoms with van der Waals surface area (Å²) in [6, 6.07) is 10.2. The number of hydrogen-bond donors (Lipinski definition) is 2. The van der Waals surface area contributed by atoms with E-state index in [4.69, 9.17) is 9.84 Å². The van der Waals surface area contributed by atoms with E-state index in [0.717, 1.165) is 5.56 Å². The molecule has 1 aromatic heterocycles. The molecule has 0 aliphatic rings. The van der Waals surface area contributed by atoms with Crippen LogP contribution in [0.2, 0.25) is 0 Å². The maximum Gasteiger partial charge on any atom is 0.408 e. The fourth-order valence-electron chi connectivity index (χ4n) is 2.04. The van der Waals surface area contributed by atoms with Gasteiger partial charge in [-0.1, -0.05) is 30.3 Å². The van der Waals surface area contributed by atoms with Crippen molar-refractivity contribution in [2.45, 2.75) is 19.1 Å². The lowest BCUT2D eigenvalue weighted by Crippen LogP contribution is -2.31. The zero-order chi connectivity index (χ0) is 15.9. The number of benzene rings is 1. The van der Waals surface area contributed by atoms with Crippen LogP contribution in [0.4, 0.5) is 4.79 Å². The summed E-state index contributed by atoms with van der Waals surface area (Å²) in [5.74, 6) is -1.02. The van der Waals surface area contributed by atoms with Crippen LogP contribution in [-0.2, 0) is 23.2 Å². The van der Waals surface area contributed by atoms with Gasteiger partial charge in [-0.2, -0.15) is 5.10 Å². The molecule has 0 bridgehead atoms. The van der Waals surface area contributed by atoms with Gasteiger partial charge in [0, 0.05) is 13.2 Å². The van der Waals surface area contributed by atoms with Gasteiger partial charge in [0.2, 0.25) is 0 Å². The largest absolute Gasteiger partial charge is 0.481 e. The first-order chi connectivity index (χ1) is 10.6. The molecule has 7 nitrogen and oxygen atoms in total. The Morgan fingerprint density at radius 1 is 1.32 bits per heavy atom. The molecule has 0 aliphatic carbocycles. The molecule has 0 aliphatic heterocycles. The number of nitrogens with one attached hydrogen (secondary N) is 1. The number of carbonyl (C=O) groups is 2. The zero-order valence-electron chi connectivity index (χ0n) is 12.1. The molecule has 2 N–H and O–H groups in total. The van der Waals surface area contributed by atoms with Crippen LogP contribution in [0.3, 0.4) is 0 Å². The molecule has 2 rings (SSSR count). The number of hydrogen-bond acceptors (Lipinski definition) is 4. The Kier molecular flexibility index (Phi) is 5.13. The molecule has 1 atom stereocenters. The van der Waals surface area contributed by atoms with Crippen LogP contribution in [0.25, 0.3) is 0 Å². The van der Waals surface area contributed by atoms with Crippen molar-refractivity contribution in [1.29, 1.82) is 0 Å². The lowest BCUT2D eigenvalue weighted by Gasteiger charge is -2.17. The van der Waals surface area contributed by atoms with Crippen LogP contribution >= 0.6 is 0 Å². The predicted octanol–water partition coefficient (Wildman–Crippen LogP) is 1.86. The predicted molar refractivity (Wildman–Crippen MR) is 78.0 cm³/mol. The van der Waals surface area contributed by atoms with Crippen LogP contribution in [0.5, 0.6) is 0 Å². The maximum atomic E-state index is 11.9. The van der Waals surface area contributed by atoms with Gasteiger partial charge in [0.15, 0.2) is 0 Å². The minimum atomic E-state index is -1.02. The van der Waals surface area contributed by atoms with Crippen molar-refractivity contribution < 1.29 is 19.4 Å². The van der Waals surface area contributed by atoms with E-state index in [1.54, 1.807) is 19.3 Å². The smallest absolute Gasteiger partial charge is 0.408 e. The summed E-state index contributed by atoms with van der Waals surface area (Å²) >= 11 is 0. The Bertz CT molecular complexity index is 639. The summed E-state index contributed by atoms with van der Waals surface area (Å²) in [6.45, 7) is 0.123. The molecular weight excluding hydrogens is 286 g/mol. The second-order valence-electron chi connectivity index (χ2n) is 4.74. The molecule has 0 unspecified atom stereocenters. The minimum absolute atomic E-state index is 0.123. The van der Waals surface area contributed by atoms with Gasteiger partial charge in [0.05, 0.1) is 18.2 Å². The first-order valence-corrected chi connectivity index (χ1v) is 6.73. The quantitative estimate of drug-likeness (QED) is 0.849. The lowest BCUT2D eigenvalue weighted by atomic mass is 10.1. The van der Waals surface area contributed by atoms with Crippen molar-refractivity contribution in [2.24, 2.45) is 7.05 Å². The van der Waals surface area contributed by atoms with Gasteiger partial charge in [0.1, 0.15) is 6.61 Å². The molecule has 1 amide bonds. The van der Waals surface area contributed by atoms with Gasteiger partial charge >= 0.3 is 12.1 Å². The van der Waals surface area contributed by atoms with Gasteiger partial charge < -0.3 is 15.2 Å². The number of rotatable bonds is 6. The fourth-order valence-corrected chi connectivity index (χ4v) is 2.04. The average Bonchev–Trinajstić information content (AvgIpc) is 2.91. The number of carboxylic acid groups (broad SMARTS) is 1. The molecule has 1 heterocycles. The Balaban J connectivity index is 1.96. The van der Waals surface area contributed by atoms with Crippen LogP contribution in [-0.4, -0.2) is 26.9 Å². The summed E-state index contributed by atoms with van der Waals surface area (Å²) in [6.07, 6.45) is 0.623. The van der Waals surface area contributed by atoms with Crippen LogP contribution in [0.1, 0.15) is 23.7 Å². The third-order valence-corrected chi connectivity index (χ3v) is 3.10. The van der Waals surface area contributed by atoms with Gasteiger partial charge in [0.25, 0.3) is 0 Å². The number of amides is 1. The highest BCUT2D eigenvalue weighted by Gasteiger charge is 2.21. The summed E-state index contributed by atoms with van der Waals surface area (Å²) < 4.78 is 6.62. The van der Waals surface area contributed by atoms with Crippen molar-refractivity contribution in [2.75, 3.05) is 0 Å². The van der Waals surface area contributed by atoms with E-state index in [9.17, 15) is 9.59 Å². The summed E-state index contributed by atoms with van der Waals surface area (Å²) in [4.78, 5) is 22.8. The van der Waals surface area contributed by atoms with E-state index >= 15 is 0 Å². The molecule has 1 aromatic carbocycles. The molecule has 0 radical (unpaired) electrons. The average molecular weight is 303 g/mol. The second-order valence-corrected chi connectivity index (χ2v) is 4.74. The SMILES string of the molecule is Cn1nccc1[C@H](CC(=O)O)NC(=O)OCc1ccccc1. The highest BCUT2D eigenvalue weighted by atomic mass is 16.5. The Morgan fingerprint density at radius 3 is 2.64 bits per heavy atom. The zero-order valence-corrected chi connectivity index (χ0v) is 12.1. The number of ether oxygens (including phenoxy) is 1. The van der Waals surface area contributed by atoms with Gasteiger partial charge in [-0.25, -0.2) is 4.79 Å². The number of aliphatic carboxylic acids is 1. The Hall–Kier alpha value is -2.83. The number of carboxylic acids is 1. The topological polar surface area (TPSA) is 93.5 Å². The van der Waals surface area contributed by atoms with E-state index in [0.29, 0.717) is 5.69 Å². The van der Waals surface area contributed by atoms with Crippen molar-refractivity contribution in [3.8, 4) is 0 Å². The number of alkyl carbamates (subject to hydrolysis) is 1. The monoisotopic (exact) mass is 303 g/mol. The van der Waals surface area contributed by atoms with E-state index in [-0.39, 0.29) is 13.0 Å². The molecule has 0 fully saturated rings. The van der Waals surface area contributed by atoms with E-state index in [2.05, 4.69) is 10.4 Å². The fraction of sp³-hybridized carbons (Fsp3) is 0.267. The number of aryl methyl sites for hydroxylation is 1. The molecular formula is C15H17N3O4. The van der Waals surface area contributed by atoms with Crippen molar-refractivity contribution in [1.82, 2.24) is 15.1 Å². The van der Waals surface area contributed by atoms with E-state index in [1.165, 1.54) is 4.68 Å². The van der Waals surface area contributed by atoms with Crippen molar-refractivity contribution in [3.63, 3.8) is 0 Å². The molecule has 7 heteroatoms. The normalized spacial score (nSPS) is 11.7. The number of aromatic nitrogens is 2. The molecule has 0 saturated carbocycles. The van der Waals surface area contributed by atoms with Gasteiger partial charge in [-0.15, -0.1) is 0 Å². The minimum Gasteiger partial charge on any atom is -0.481 e. The number of nitrogens with zero attached hydrogens (tertiary/aromatic N) is 2. The molecule has 22 heavy (non-hydrogen) atoms. The third kappa shape index (κ3) is 4.34. The van der Waals surface area contributed by atoms with E-state index in [1.807, 2.05) is 30.3 Å². The van der Waals surface area contributed by atoms with Gasteiger partial charge in [-0.05, 0) is 11.6 Å². The maximum absolute atomic E-state index is 11.9. The highest BCUT2D eigenvalue weighted by Crippen LogP contribution is 2.16.